The van der Waals surface area contributed by atoms with E-state index < -0.39 is 8.32 Å². The molecule has 0 saturated heterocycles. The van der Waals surface area contributed by atoms with Crippen molar-refractivity contribution in [3.63, 3.8) is 0 Å². The van der Waals surface area contributed by atoms with Crippen molar-refractivity contribution in [2.45, 2.75) is 58.2 Å². The molecule has 3 aromatic heterocycles. The first-order chi connectivity index (χ1) is 13.0. The summed E-state index contributed by atoms with van der Waals surface area (Å²) in [5.74, 6) is 1.11. The molecule has 0 aromatic carbocycles. The molecule has 0 aliphatic heterocycles. The van der Waals surface area contributed by atoms with Gasteiger partial charge in [-0.1, -0.05) is 25.4 Å². The number of hydrogen-bond acceptors (Lipinski definition) is 5. The molecule has 3 heterocycles. The van der Waals surface area contributed by atoms with Gasteiger partial charge in [0.1, 0.15) is 11.4 Å². The zero-order valence-electron chi connectivity index (χ0n) is 17.2. The Morgan fingerprint density at radius 2 is 1.96 bits per heavy atom. The van der Waals surface area contributed by atoms with Gasteiger partial charge in [-0.15, -0.1) is 0 Å². The first kappa shape index (κ1) is 20.8. The summed E-state index contributed by atoms with van der Waals surface area (Å²) in [6.07, 6.45) is 3.89. The quantitative estimate of drug-likeness (QED) is 0.449. The predicted molar refractivity (Wildman–Crippen MR) is 113 cm³/mol. The standard InChI is InChI=1S/C20H27ClN4O2Si/c1-13-9-14(2)25(24-13)18-11-15(10-17(21)23-18)16(19-22-7-8-27-19)12-20(3,4)28(5,6)26/h7-11,16,26H,12H2,1-6H3. The molecule has 28 heavy (non-hydrogen) atoms. The van der Waals surface area contributed by atoms with Crippen LogP contribution in [0, 0.1) is 13.8 Å². The van der Waals surface area contributed by atoms with E-state index in [9.17, 15) is 4.80 Å². The number of hydrogen-bond donors (Lipinski definition) is 1. The van der Waals surface area contributed by atoms with Crippen LogP contribution in [0.25, 0.3) is 5.82 Å². The van der Waals surface area contributed by atoms with Crippen LogP contribution < -0.4 is 0 Å². The Bertz CT molecular complexity index is 961. The second kappa shape index (κ2) is 7.46. The van der Waals surface area contributed by atoms with Crippen molar-refractivity contribution >= 4 is 19.9 Å². The molecule has 0 spiro atoms. The third kappa shape index (κ3) is 4.21. The maximum atomic E-state index is 10.8. The van der Waals surface area contributed by atoms with E-state index in [0.29, 0.717) is 23.3 Å². The van der Waals surface area contributed by atoms with Crippen LogP contribution in [0.15, 0.2) is 35.1 Å². The van der Waals surface area contributed by atoms with Gasteiger partial charge in [0, 0.05) is 5.69 Å². The van der Waals surface area contributed by atoms with Crippen molar-refractivity contribution < 1.29 is 9.21 Å². The molecule has 1 unspecified atom stereocenters. The Kier molecular flexibility index (Phi) is 5.53. The van der Waals surface area contributed by atoms with E-state index >= 15 is 0 Å². The number of pyridine rings is 1. The maximum Gasteiger partial charge on any atom is 0.201 e. The summed E-state index contributed by atoms with van der Waals surface area (Å²) in [5, 5.41) is 4.64. The summed E-state index contributed by atoms with van der Waals surface area (Å²) in [6.45, 7) is 12.0. The molecule has 1 N–H and O–H groups in total. The van der Waals surface area contributed by atoms with Gasteiger partial charge in [0.25, 0.3) is 0 Å². The lowest BCUT2D eigenvalue weighted by molar-refractivity contribution is 0.397. The van der Waals surface area contributed by atoms with Crippen molar-refractivity contribution in [2.24, 2.45) is 0 Å². The van der Waals surface area contributed by atoms with E-state index in [-0.39, 0.29) is 11.0 Å². The minimum absolute atomic E-state index is 0.153. The lowest BCUT2D eigenvalue weighted by atomic mass is 9.90. The number of aromatic nitrogens is 4. The van der Waals surface area contributed by atoms with Crippen molar-refractivity contribution in [1.82, 2.24) is 19.7 Å². The lowest BCUT2D eigenvalue weighted by Crippen LogP contribution is -2.40. The Morgan fingerprint density at radius 3 is 2.50 bits per heavy atom. The molecular weight excluding hydrogens is 392 g/mol. The summed E-state index contributed by atoms with van der Waals surface area (Å²) in [6, 6.07) is 5.81. The first-order valence-corrected chi connectivity index (χ1v) is 12.6. The number of oxazole rings is 1. The van der Waals surface area contributed by atoms with E-state index in [2.05, 4.69) is 28.9 Å². The molecule has 6 nitrogen and oxygen atoms in total. The van der Waals surface area contributed by atoms with Crippen molar-refractivity contribution in [3.8, 4) is 5.82 Å². The van der Waals surface area contributed by atoms with Gasteiger partial charge >= 0.3 is 0 Å². The first-order valence-electron chi connectivity index (χ1n) is 9.31. The Labute approximate surface area is 171 Å². The summed E-state index contributed by atoms with van der Waals surface area (Å²) >= 11 is 6.38. The highest BCUT2D eigenvalue weighted by Crippen LogP contribution is 2.46. The van der Waals surface area contributed by atoms with E-state index in [1.54, 1.807) is 17.1 Å². The fourth-order valence-electron chi connectivity index (χ4n) is 3.19. The lowest BCUT2D eigenvalue weighted by Gasteiger charge is -2.37. The highest BCUT2D eigenvalue weighted by Gasteiger charge is 2.41. The molecule has 0 bridgehead atoms. The third-order valence-corrected chi connectivity index (χ3v) is 9.26. The van der Waals surface area contributed by atoms with Crippen LogP contribution in [0.3, 0.4) is 0 Å². The Hall–Kier alpha value is -1.96. The smallest absolute Gasteiger partial charge is 0.201 e. The highest BCUT2D eigenvalue weighted by atomic mass is 35.5. The van der Waals surface area contributed by atoms with Gasteiger partial charge in [-0.25, -0.2) is 14.6 Å². The normalized spacial score (nSPS) is 13.7. The fraction of sp³-hybridized carbons (Fsp3) is 0.450. The van der Waals surface area contributed by atoms with Crippen LogP contribution in [0.2, 0.25) is 23.3 Å². The summed E-state index contributed by atoms with van der Waals surface area (Å²) < 4.78 is 7.44. The number of nitrogens with zero attached hydrogens (tertiary/aromatic N) is 4. The molecule has 0 aliphatic carbocycles. The van der Waals surface area contributed by atoms with E-state index in [1.165, 1.54) is 0 Å². The highest BCUT2D eigenvalue weighted by molar-refractivity contribution is 6.72. The minimum Gasteiger partial charge on any atom is -0.448 e. The topological polar surface area (TPSA) is 77.0 Å². The van der Waals surface area contributed by atoms with Gasteiger partial charge in [0.2, 0.25) is 5.89 Å². The van der Waals surface area contributed by atoms with Crippen LogP contribution >= 0.6 is 11.6 Å². The van der Waals surface area contributed by atoms with Crippen molar-refractivity contribution in [3.05, 3.63) is 58.7 Å². The van der Waals surface area contributed by atoms with Gasteiger partial charge < -0.3 is 9.21 Å². The van der Waals surface area contributed by atoms with E-state index in [4.69, 9.17) is 16.0 Å². The Balaban J connectivity index is 2.10. The van der Waals surface area contributed by atoms with Crippen LogP contribution in [-0.2, 0) is 0 Å². The number of rotatable bonds is 6. The molecule has 150 valence electrons. The second-order valence-electron chi connectivity index (χ2n) is 8.49. The zero-order chi connectivity index (χ0) is 20.7. The van der Waals surface area contributed by atoms with Crippen LogP contribution in [-0.4, -0.2) is 32.9 Å². The number of halogens is 1. The van der Waals surface area contributed by atoms with E-state index in [1.807, 2.05) is 45.1 Å². The third-order valence-electron chi connectivity index (χ3n) is 5.55. The monoisotopic (exact) mass is 418 g/mol. The van der Waals surface area contributed by atoms with Gasteiger partial charge in [0.15, 0.2) is 14.1 Å². The zero-order valence-corrected chi connectivity index (χ0v) is 18.9. The van der Waals surface area contributed by atoms with Crippen LogP contribution in [0.4, 0.5) is 0 Å². The molecule has 0 fully saturated rings. The fourth-order valence-corrected chi connectivity index (χ4v) is 4.10. The van der Waals surface area contributed by atoms with Gasteiger partial charge in [0.05, 0.1) is 17.8 Å². The van der Waals surface area contributed by atoms with Gasteiger partial charge in [-0.2, -0.15) is 5.10 Å². The molecule has 0 radical (unpaired) electrons. The van der Waals surface area contributed by atoms with Crippen LogP contribution in [0.5, 0.6) is 0 Å². The SMILES string of the molecule is Cc1cc(C)n(-c2cc(C(CC(C)(C)[Si](C)(C)O)c3ncco3)cc(Cl)n2)n1. The molecule has 0 aliphatic rings. The minimum atomic E-state index is -2.43. The second-order valence-corrected chi connectivity index (χ2v) is 13.3. The maximum absolute atomic E-state index is 10.8. The van der Waals surface area contributed by atoms with Gasteiger partial charge in [-0.05, 0) is 62.2 Å². The average Bonchev–Trinajstić information content (AvgIpc) is 3.20. The van der Waals surface area contributed by atoms with Crippen molar-refractivity contribution in [2.75, 3.05) is 0 Å². The summed E-state index contributed by atoms with van der Waals surface area (Å²) in [5.41, 5.74) is 2.84. The largest absolute Gasteiger partial charge is 0.448 e. The molecule has 8 heteroatoms. The van der Waals surface area contributed by atoms with Crippen molar-refractivity contribution in [1.29, 1.82) is 0 Å². The summed E-state index contributed by atoms with van der Waals surface area (Å²) in [7, 11) is -2.43. The molecule has 3 aromatic rings. The molecule has 0 amide bonds. The molecule has 0 saturated carbocycles. The average molecular weight is 419 g/mol. The molecule has 3 rings (SSSR count). The molecule has 1 atom stereocenters. The Morgan fingerprint density at radius 1 is 1.25 bits per heavy atom. The predicted octanol–water partition coefficient (Wildman–Crippen LogP) is 5.03. The van der Waals surface area contributed by atoms with E-state index in [0.717, 1.165) is 17.0 Å². The van der Waals surface area contributed by atoms with Crippen LogP contribution in [0.1, 0.15) is 49.0 Å². The summed E-state index contributed by atoms with van der Waals surface area (Å²) in [4.78, 5) is 19.7. The van der Waals surface area contributed by atoms with Gasteiger partial charge in [-0.3, -0.25) is 0 Å². The molecular formula is C20H27ClN4O2Si. The number of aryl methyl sites for hydroxylation is 2.